The van der Waals surface area contributed by atoms with Crippen LogP contribution in [0.1, 0.15) is 32.1 Å². The van der Waals surface area contributed by atoms with E-state index in [9.17, 15) is 4.79 Å². The third-order valence-corrected chi connectivity index (χ3v) is 3.01. The van der Waals surface area contributed by atoms with E-state index >= 15 is 0 Å². The standard InChI is InChI=1S/C11H23N3O/c1-13(2)11(15)14(9-8-12)10-6-4-3-5-7-10/h10H,3-9,12H2,1-2H3. The van der Waals surface area contributed by atoms with Crippen LogP contribution in [0, 0.1) is 0 Å². The highest BCUT2D eigenvalue weighted by Crippen LogP contribution is 2.22. The van der Waals surface area contributed by atoms with E-state index in [1.807, 2.05) is 4.90 Å². The monoisotopic (exact) mass is 213 g/mol. The maximum Gasteiger partial charge on any atom is 0.319 e. The zero-order valence-corrected chi connectivity index (χ0v) is 9.91. The third kappa shape index (κ3) is 3.38. The topological polar surface area (TPSA) is 49.6 Å². The molecule has 0 aromatic carbocycles. The summed E-state index contributed by atoms with van der Waals surface area (Å²) in [4.78, 5) is 15.5. The van der Waals surface area contributed by atoms with Crippen molar-refractivity contribution in [2.75, 3.05) is 27.2 Å². The van der Waals surface area contributed by atoms with Crippen LogP contribution in [0.4, 0.5) is 4.79 Å². The average molecular weight is 213 g/mol. The average Bonchev–Trinajstić information content (AvgIpc) is 2.26. The fraction of sp³-hybridized carbons (Fsp3) is 0.909. The van der Waals surface area contributed by atoms with Gasteiger partial charge in [-0.1, -0.05) is 19.3 Å². The lowest BCUT2D eigenvalue weighted by atomic mass is 9.94. The molecule has 2 amide bonds. The van der Waals surface area contributed by atoms with Gasteiger partial charge in [0.1, 0.15) is 0 Å². The SMILES string of the molecule is CN(C)C(=O)N(CCN)C1CCCCC1. The molecule has 0 aromatic heterocycles. The molecule has 4 heteroatoms. The molecule has 1 aliphatic rings. The van der Waals surface area contributed by atoms with Gasteiger partial charge in [-0.2, -0.15) is 0 Å². The predicted octanol–water partition coefficient (Wildman–Crippen LogP) is 1.26. The Balaban J connectivity index is 2.58. The maximum atomic E-state index is 11.9. The van der Waals surface area contributed by atoms with Crippen molar-refractivity contribution in [3.63, 3.8) is 0 Å². The molecule has 0 heterocycles. The number of hydrogen-bond acceptors (Lipinski definition) is 2. The summed E-state index contributed by atoms with van der Waals surface area (Å²) in [6.07, 6.45) is 6.07. The van der Waals surface area contributed by atoms with E-state index in [-0.39, 0.29) is 6.03 Å². The van der Waals surface area contributed by atoms with Crippen molar-refractivity contribution in [1.29, 1.82) is 0 Å². The lowest BCUT2D eigenvalue weighted by molar-refractivity contribution is 0.135. The first-order valence-corrected chi connectivity index (χ1v) is 5.84. The second-order valence-electron chi connectivity index (χ2n) is 4.45. The molecule has 0 aliphatic heterocycles. The molecule has 15 heavy (non-hydrogen) atoms. The van der Waals surface area contributed by atoms with Gasteiger partial charge in [-0.3, -0.25) is 0 Å². The Morgan fingerprint density at radius 2 is 1.87 bits per heavy atom. The maximum absolute atomic E-state index is 11.9. The van der Waals surface area contributed by atoms with Crippen molar-refractivity contribution < 1.29 is 4.79 Å². The van der Waals surface area contributed by atoms with Crippen molar-refractivity contribution in [3.8, 4) is 0 Å². The summed E-state index contributed by atoms with van der Waals surface area (Å²) in [5.41, 5.74) is 5.56. The Bertz CT molecular complexity index is 200. The lowest BCUT2D eigenvalue weighted by Gasteiger charge is -2.35. The van der Waals surface area contributed by atoms with E-state index in [0.717, 1.165) is 12.8 Å². The number of amides is 2. The summed E-state index contributed by atoms with van der Waals surface area (Å²) < 4.78 is 0. The number of nitrogens with two attached hydrogens (primary N) is 1. The molecule has 0 bridgehead atoms. The predicted molar refractivity (Wildman–Crippen MR) is 61.7 cm³/mol. The summed E-state index contributed by atoms with van der Waals surface area (Å²) in [5, 5.41) is 0. The van der Waals surface area contributed by atoms with Crippen molar-refractivity contribution in [3.05, 3.63) is 0 Å². The summed E-state index contributed by atoms with van der Waals surface area (Å²) >= 11 is 0. The van der Waals surface area contributed by atoms with Crippen LogP contribution in [0.5, 0.6) is 0 Å². The summed E-state index contributed by atoms with van der Waals surface area (Å²) in [7, 11) is 3.60. The number of nitrogens with zero attached hydrogens (tertiary/aromatic N) is 2. The van der Waals surface area contributed by atoms with Crippen LogP contribution in [-0.2, 0) is 0 Å². The van der Waals surface area contributed by atoms with Crippen molar-refractivity contribution >= 4 is 6.03 Å². The van der Waals surface area contributed by atoms with Gasteiger partial charge in [0.2, 0.25) is 0 Å². The molecule has 0 atom stereocenters. The molecule has 0 aromatic rings. The van der Waals surface area contributed by atoms with Crippen LogP contribution in [0.3, 0.4) is 0 Å². The van der Waals surface area contributed by atoms with Gasteiger partial charge in [-0.25, -0.2) is 4.79 Å². The fourth-order valence-corrected chi connectivity index (χ4v) is 2.22. The van der Waals surface area contributed by atoms with Gasteiger partial charge in [-0.15, -0.1) is 0 Å². The minimum atomic E-state index is 0.104. The molecule has 1 aliphatic carbocycles. The van der Waals surface area contributed by atoms with Gasteiger partial charge < -0.3 is 15.5 Å². The van der Waals surface area contributed by atoms with Crippen LogP contribution in [0.15, 0.2) is 0 Å². The first kappa shape index (κ1) is 12.3. The second-order valence-corrected chi connectivity index (χ2v) is 4.45. The van der Waals surface area contributed by atoms with Crippen LogP contribution in [0.2, 0.25) is 0 Å². The highest BCUT2D eigenvalue weighted by Gasteiger charge is 2.25. The molecule has 0 unspecified atom stereocenters. The van der Waals surface area contributed by atoms with Crippen LogP contribution < -0.4 is 5.73 Å². The Kier molecular flexibility index (Phi) is 4.88. The zero-order valence-electron chi connectivity index (χ0n) is 9.91. The van der Waals surface area contributed by atoms with Crippen molar-refractivity contribution in [2.45, 2.75) is 38.1 Å². The van der Waals surface area contributed by atoms with Crippen molar-refractivity contribution in [1.82, 2.24) is 9.80 Å². The molecule has 4 nitrogen and oxygen atoms in total. The Morgan fingerprint density at radius 1 is 1.27 bits per heavy atom. The van der Waals surface area contributed by atoms with Gasteiger partial charge in [0.15, 0.2) is 0 Å². The number of urea groups is 1. The number of hydrogen-bond donors (Lipinski definition) is 1. The summed E-state index contributed by atoms with van der Waals surface area (Å²) in [6, 6.07) is 0.518. The van der Waals surface area contributed by atoms with Crippen LogP contribution >= 0.6 is 0 Å². The van der Waals surface area contributed by atoms with Gasteiger partial charge in [0.05, 0.1) is 0 Å². The van der Waals surface area contributed by atoms with Crippen molar-refractivity contribution in [2.24, 2.45) is 5.73 Å². The number of rotatable bonds is 3. The van der Waals surface area contributed by atoms with Gasteiger partial charge in [-0.05, 0) is 12.8 Å². The van der Waals surface area contributed by atoms with Crippen LogP contribution in [-0.4, -0.2) is 49.1 Å². The number of carbonyl (C=O) groups is 1. The molecular formula is C11H23N3O. The van der Waals surface area contributed by atoms with Crippen LogP contribution in [0.25, 0.3) is 0 Å². The summed E-state index contributed by atoms with van der Waals surface area (Å²) in [6.45, 7) is 1.23. The first-order valence-electron chi connectivity index (χ1n) is 5.84. The Labute approximate surface area is 92.4 Å². The molecule has 2 N–H and O–H groups in total. The Hall–Kier alpha value is -0.770. The lowest BCUT2D eigenvalue weighted by Crippen LogP contribution is -2.48. The molecular weight excluding hydrogens is 190 g/mol. The molecule has 0 saturated heterocycles. The number of carbonyl (C=O) groups excluding carboxylic acids is 1. The minimum Gasteiger partial charge on any atom is -0.331 e. The third-order valence-electron chi connectivity index (χ3n) is 3.01. The molecule has 1 rings (SSSR count). The quantitative estimate of drug-likeness (QED) is 0.767. The Morgan fingerprint density at radius 3 is 2.33 bits per heavy atom. The van der Waals surface area contributed by atoms with E-state index in [0.29, 0.717) is 19.1 Å². The highest BCUT2D eigenvalue weighted by molar-refractivity contribution is 5.74. The van der Waals surface area contributed by atoms with Gasteiger partial charge in [0, 0.05) is 33.2 Å². The summed E-state index contributed by atoms with van der Waals surface area (Å²) in [5.74, 6) is 0. The van der Waals surface area contributed by atoms with E-state index in [4.69, 9.17) is 5.73 Å². The normalized spacial score (nSPS) is 17.5. The smallest absolute Gasteiger partial charge is 0.319 e. The molecule has 88 valence electrons. The van der Waals surface area contributed by atoms with Gasteiger partial charge >= 0.3 is 6.03 Å². The first-order chi connectivity index (χ1) is 7.16. The molecule has 1 saturated carbocycles. The second kappa shape index (κ2) is 5.95. The highest BCUT2D eigenvalue weighted by atomic mass is 16.2. The van der Waals surface area contributed by atoms with E-state index in [2.05, 4.69) is 0 Å². The molecule has 0 spiro atoms. The van der Waals surface area contributed by atoms with E-state index in [1.165, 1.54) is 19.3 Å². The zero-order chi connectivity index (χ0) is 11.3. The van der Waals surface area contributed by atoms with Gasteiger partial charge in [0.25, 0.3) is 0 Å². The van der Waals surface area contributed by atoms with E-state index in [1.54, 1.807) is 19.0 Å². The van der Waals surface area contributed by atoms with E-state index < -0.39 is 0 Å². The fourth-order valence-electron chi connectivity index (χ4n) is 2.22. The molecule has 1 fully saturated rings. The minimum absolute atomic E-state index is 0.104. The largest absolute Gasteiger partial charge is 0.331 e. The molecule has 0 radical (unpaired) electrons.